The smallest absolute Gasteiger partial charge is 0.0283 e. The van der Waals surface area contributed by atoms with Crippen LogP contribution in [0.4, 0.5) is 0 Å². The predicted molar refractivity (Wildman–Crippen MR) is 34.4 cm³/mol. The third kappa shape index (κ3) is 0.858. The van der Waals surface area contributed by atoms with E-state index in [1.54, 1.807) is 0 Å². The molecule has 48 valence electrons. The summed E-state index contributed by atoms with van der Waals surface area (Å²) < 4.78 is 0. The lowest BCUT2D eigenvalue weighted by atomic mass is 9.70. The van der Waals surface area contributed by atoms with E-state index in [9.17, 15) is 0 Å². The van der Waals surface area contributed by atoms with Crippen LogP contribution < -0.4 is 11.5 Å². The van der Waals surface area contributed by atoms with Gasteiger partial charge in [0.2, 0.25) is 0 Å². The minimum absolute atomic E-state index is 0.0133. The van der Waals surface area contributed by atoms with Crippen molar-refractivity contribution in [3.63, 3.8) is 0 Å². The normalized spacial score (nSPS) is 46.1. The van der Waals surface area contributed by atoms with Gasteiger partial charge in [0.1, 0.15) is 0 Å². The van der Waals surface area contributed by atoms with Crippen molar-refractivity contribution in [1.82, 2.24) is 0 Å². The van der Waals surface area contributed by atoms with E-state index < -0.39 is 0 Å². The van der Waals surface area contributed by atoms with Crippen molar-refractivity contribution in [3.8, 4) is 0 Å². The lowest BCUT2D eigenvalue weighted by Crippen LogP contribution is -2.56. The average molecular weight is 114 g/mol. The molecule has 4 N–H and O–H groups in total. The second-order valence-corrected chi connectivity index (χ2v) is 3.08. The van der Waals surface area contributed by atoms with Crippen molar-refractivity contribution in [2.75, 3.05) is 6.54 Å². The zero-order chi connectivity index (χ0) is 6.20. The lowest BCUT2D eigenvalue weighted by molar-refractivity contribution is 0.171. The van der Waals surface area contributed by atoms with Crippen molar-refractivity contribution in [1.29, 1.82) is 0 Å². The van der Waals surface area contributed by atoms with Crippen LogP contribution in [0.25, 0.3) is 0 Å². The first-order valence-electron chi connectivity index (χ1n) is 3.15. The molecule has 0 aromatic carbocycles. The minimum atomic E-state index is 0.0133. The van der Waals surface area contributed by atoms with Crippen LogP contribution in [0, 0.1) is 5.92 Å². The largest absolute Gasteiger partial charge is 0.329 e. The molecule has 0 aromatic heterocycles. The van der Waals surface area contributed by atoms with E-state index in [0.717, 1.165) is 18.8 Å². The molecule has 8 heavy (non-hydrogen) atoms. The highest BCUT2D eigenvalue weighted by atomic mass is 14.8. The van der Waals surface area contributed by atoms with E-state index in [4.69, 9.17) is 11.5 Å². The molecule has 2 nitrogen and oxygen atoms in total. The summed E-state index contributed by atoms with van der Waals surface area (Å²) in [5.41, 5.74) is 11.2. The third-order valence-electron chi connectivity index (χ3n) is 1.92. The Morgan fingerprint density at radius 3 is 2.25 bits per heavy atom. The summed E-state index contributed by atoms with van der Waals surface area (Å²) >= 11 is 0. The first-order chi connectivity index (χ1) is 3.66. The van der Waals surface area contributed by atoms with Crippen LogP contribution in [0.3, 0.4) is 0 Å². The monoisotopic (exact) mass is 114 g/mol. The summed E-state index contributed by atoms with van der Waals surface area (Å²) in [6.07, 6.45) is 2.23. The van der Waals surface area contributed by atoms with Crippen LogP contribution in [0.1, 0.15) is 19.8 Å². The fraction of sp³-hybridized carbons (Fsp3) is 1.00. The predicted octanol–water partition coefficient (Wildman–Crippen LogP) is 0.0725. The number of nitrogens with two attached hydrogens (primary N) is 2. The first kappa shape index (κ1) is 6.05. The molecule has 0 bridgehead atoms. The van der Waals surface area contributed by atoms with Crippen LogP contribution in [-0.2, 0) is 0 Å². The van der Waals surface area contributed by atoms with Crippen LogP contribution in [0.15, 0.2) is 0 Å². The van der Waals surface area contributed by atoms with Crippen molar-refractivity contribution < 1.29 is 0 Å². The molecule has 1 fully saturated rings. The molecule has 0 aliphatic heterocycles. The summed E-state index contributed by atoms with van der Waals surface area (Å²) in [4.78, 5) is 0. The number of hydrogen-bond donors (Lipinski definition) is 2. The highest BCUT2D eigenvalue weighted by Crippen LogP contribution is 2.33. The van der Waals surface area contributed by atoms with E-state index in [2.05, 4.69) is 6.92 Å². The van der Waals surface area contributed by atoms with Gasteiger partial charge in [-0.05, 0) is 18.8 Å². The molecule has 0 radical (unpaired) electrons. The minimum Gasteiger partial charge on any atom is -0.329 e. The summed E-state index contributed by atoms with van der Waals surface area (Å²) in [7, 11) is 0. The number of hydrogen-bond acceptors (Lipinski definition) is 2. The quantitative estimate of drug-likeness (QED) is 0.507. The van der Waals surface area contributed by atoms with Gasteiger partial charge in [-0.25, -0.2) is 0 Å². The molecular weight excluding hydrogens is 100 g/mol. The van der Waals surface area contributed by atoms with Crippen molar-refractivity contribution >= 4 is 0 Å². The molecule has 0 atom stereocenters. The Morgan fingerprint density at radius 1 is 1.62 bits per heavy atom. The zero-order valence-electron chi connectivity index (χ0n) is 5.35. The Bertz CT molecular complexity index is 84.5. The molecule has 1 aliphatic carbocycles. The molecule has 0 aromatic rings. The van der Waals surface area contributed by atoms with Gasteiger partial charge >= 0.3 is 0 Å². The molecule has 0 saturated heterocycles. The maximum atomic E-state index is 5.77. The maximum absolute atomic E-state index is 5.77. The average Bonchev–Trinajstić information content (AvgIpc) is 1.63. The topological polar surface area (TPSA) is 52.0 Å². The van der Waals surface area contributed by atoms with Crippen LogP contribution in [-0.4, -0.2) is 12.1 Å². The van der Waals surface area contributed by atoms with Crippen LogP contribution >= 0.6 is 0 Å². The second kappa shape index (κ2) is 1.71. The summed E-state index contributed by atoms with van der Waals surface area (Å²) in [6, 6.07) is 0. The molecule has 0 unspecified atom stereocenters. The molecule has 1 rings (SSSR count). The molecule has 0 heterocycles. The second-order valence-electron chi connectivity index (χ2n) is 3.08. The molecular formula is C6H14N2. The molecule has 1 saturated carbocycles. The summed E-state index contributed by atoms with van der Waals surface area (Å²) in [5.74, 6) is 0.809. The third-order valence-corrected chi connectivity index (χ3v) is 1.92. The van der Waals surface area contributed by atoms with Crippen LogP contribution in [0.5, 0.6) is 0 Å². The summed E-state index contributed by atoms with van der Waals surface area (Å²) in [5, 5.41) is 0. The fourth-order valence-electron chi connectivity index (χ4n) is 1.49. The number of rotatable bonds is 1. The molecule has 1 aliphatic rings. The lowest BCUT2D eigenvalue weighted by Gasteiger charge is -2.42. The van der Waals surface area contributed by atoms with Gasteiger partial charge in [-0.2, -0.15) is 0 Å². The maximum Gasteiger partial charge on any atom is 0.0283 e. The fourth-order valence-corrected chi connectivity index (χ4v) is 1.49. The van der Waals surface area contributed by atoms with Crippen molar-refractivity contribution in [3.05, 3.63) is 0 Å². The van der Waals surface area contributed by atoms with Gasteiger partial charge in [0, 0.05) is 12.1 Å². The van der Waals surface area contributed by atoms with Gasteiger partial charge in [0.15, 0.2) is 0 Å². The van der Waals surface area contributed by atoms with Gasteiger partial charge in [-0.15, -0.1) is 0 Å². The Morgan fingerprint density at radius 2 is 2.12 bits per heavy atom. The first-order valence-corrected chi connectivity index (χ1v) is 3.15. The standard InChI is InChI=1S/C6H14N2/c1-5-2-6(8,3-5)4-7/h5H,2-4,7-8H2,1H3. The van der Waals surface area contributed by atoms with Gasteiger partial charge < -0.3 is 11.5 Å². The van der Waals surface area contributed by atoms with E-state index >= 15 is 0 Å². The van der Waals surface area contributed by atoms with E-state index in [-0.39, 0.29) is 5.54 Å². The van der Waals surface area contributed by atoms with Gasteiger partial charge in [0.25, 0.3) is 0 Å². The molecule has 0 amide bonds. The van der Waals surface area contributed by atoms with Gasteiger partial charge in [0.05, 0.1) is 0 Å². The van der Waals surface area contributed by atoms with Crippen molar-refractivity contribution in [2.45, 2.75) is 25.3 Å². The van der Waals surface area contributed by atoms with Gasteiger partial charge in [-0.3, -0.25) is 0 Å². The van der Waals surface area contributed by atoms with Gasteiger partial charge in [-0.1, -0.05) is 6.92 Å². The Labute approximate surface area is 50.2 Å². The molecule has 0 spiro atoms. The zero-order valence-corrected chi connectivity index (χ0v) is 5.35. The van der Waals surface area contributed by atoms with E-state index in [1.807, 2.05) is 0 Å². The highest BCUT2D eigenvalue weighted by Gasteiger charge is 2.36. The Balaban J connectivity index is 2.30. The summed E-state index contributed by atoms with van der Waals surface area (Å²) in [6.45, 7) is 2.86. The molecule has 2 heteroatoms. The SMILES string of the molecule is CC1CC(N)(CN)C1. The van der Waals surface area contributed by atoms with E-state index in [0.29, 0.717) is 6.54 Å². The highest BCUT2D eigenvalue weighted by molar-refractivity contribution is 4.97. The van der Waals surface area contributed by atoms with Crippen molar-refractivity contribution in [2.24, 2.45) is 17.4 Å². The Hall–Kier alpha value is -0.0800. The Kier molecular flexibility index (Phi) is 1.29. The van der Waals surface area contributed by atoms with E-state index in [1.165, 1.54) is 0 Å². The van der Waals surface area contributed by atoms with Crippen LogP contribution in [0.2, 0.25) is 0 Å².